The van der Waals surface area contributed by atoms with Crippen molar-refractivity contribution >= 4 is 38.8 Å². The Morgan fingerprint density at radius 3 is 2.41 bits per heavy atom. The largest absolute Gasteiger partial charge is 0.377 e. The number of halogens is 2. The van der Waals surface area contributed by atoms with Crippen molar-refractivity contribution in [1.82, 2.24) is 9.62 Å². The Labute approximate surface area is 182 Å². The molecule has 3 rings (SSSR count). The molecule has 1 aliphatic heterocycles. The summed E-state index contributed by atoms with van der Waals surface area (Å²) >= 11 is 12.1. The molecule has 2 aromatic rings. The van der Waals surface area contributed by atoms with Gasteiger partial charge in [0.2, 0.25) is 10.0 Å². The third-order valence-corrected chi connectivity index (χ3v) is 6.92. The Morgan fingerprint density at radius 1 is 1.10 bits per heavy atom. The van der Waals surface area contributed by atoms with Crippen LogP contribution in [0.4, 0.5) is 0 Å². The van der Waals surface area contributed by atoms with Gasteiger partial charge in [-0.3, -0.25) is 0 Å². The number of hydrogen-bond donors (Lipinski definition) is 1. The zero-order chi connectivity index (χ0) is 21.0. The van der Waals surface area contributed by atoms with Gasteiger partial charge in [0, 0.05) is 6.54 Å². The minimum atomic E-state index is -3.72. The second-order valence-corrected chi connectivity index (χ2v) is 9.72. The second-order valence-electron chi connectivity index (χ2n) is 7.19. The smallest absolute Gasteiger partial charge is 0.241 e. The third kappa shape index (κ3) is 5.81. The fourth-order valence-electron chi connectivity index (χ4n) is 3.20. The predicted octanol–water partition coefficient (Wildman–Crippen LogP) is 4.38. The molecule has 5 nitrogen and oxygen atoms in total. The average Bonchev–Trinajstić information content (AvgIpc) is 2.70. The van der Waals surface area contributed by atoms with Crippen molar-refractivity contribution < 1.29 is 13.2 Å². The van der Waals surface area contributed by atoms with Crippen LogP contribution in [0.15, 0.2) is 53.4 Å². The first-order chi connectivity index (χ1) is 13.8. The van der Waals surface area contributed by atoms with Crippen LogP contribution in [0.1, 0.15) is 23.6 Å². The lowest BCUT2D eigenvalue weighted by Crippen LogP contribution is -2.35. The van der Waals surface area contributed by atoms with E-state index >= 15 is 0 Å². The van der Waals surface area contributed by atoms with Gasteiger partial charge in [0.05, 0.1) is 34.2 Å². The van der Waals surface area contributed by atoms with Crippen LogP contribution in [-0.4, -0.2) is 47.2 Å². The zero-order valence-electron chi connectivity index (χ0n) is 16.4. The summed E-state index contributed by atoms with van der Waals surface area (Å²) in [5.41, 5.74) is 2.94. The van der Waals surface area contributed by atoms with Crippen molar-refractivity contribution in [1.29, 1.82) is 0 Å². The quantitative estimate of drug-likeness (QED) is 0.674. The van der Waals surface area contributed by atoms with Crippen molar-refractivity contribution in [3.63, 3.8) is 0 Å². The second kappa shape index (κ2) is 9.60. The molecule has 1 aliphatic rings. The van der Waals surface area contributed by atoms with Crippen LogP contribution in [0.2, 0.25) is 10.0 Å². The van der Waals surface area contributed by atoms with Gasteiger partial charge in [-0.25, -0.2) is 13.1 Å². The first-order valence-corrected chi connectivity index (χ1v) is 11.5. The summed E-state index contributed by atoms with van der Waals surface area (Å²) in [5.74, 6) is 0. The molecule has 156 valence electrons. The molecule has 0 amide bonds. The van der Waals surface area contributed by atoms with E-state index < -0.39 is 16.1 Å². The van der Waals surface area contributed by atoms with Gasteiger partial charge in [-0.1, -0.05) is 47.5 Å². The lowest BCUT2D eigenvalue weighted by atomic mass is 10.0. The first-order valence-electron chi connectivity index (χ1n) is 9.25. The lowest BCUT2D eigenvalue weighted by molar-refractivity contribution is 0.161. The molecule has 8 heteroatoms. The van der Waals surface area contributed by atoms with Gasteiger partial charge >= 0.3 is 0 Å². The maximum absolute atomic E-state index is 13.0. The molecule has 0 fully saturated rings. The maximum atomic E-state index is 13.0. The minimum Gasteiger partial charge on any atom is -0.377 e. The molecule has 0 saturated heterocycles. The average molecular weight is 455 g/mol. The number of nitrogens with one attached hydrogen (secondary N) is 1. The molecule has 0 aliphatic carbocycles. The number of sulfonamides is 1. The fraction of sp³-hybridized carbons (Fsp3) is 0.333. The summed E-state index contributed by atoms with van der Waals surface area (Å²) in [6.07, 6.45) is 2.86. The molecule has 1 heterocycles. The molecule has 0 spiro atoms. The van der Waals surface area contributed by atoms with Crippen molar-refractivity contribution in [2.45, 2.75) is 17.4 Å². The molecular weight excluding hydrogens is 431 g/mol. The molecule has 0 saturated carbocycles. The Morgan fingerprint density at radius 2 is 1.83 bits per heavy atom. The summed E-state index contributed by atoms with van der Waals surface area (Å²) in [6.45, 7) is 1.75. The Bertz CT molecular complexity index is 989. The number of nitrogens with zero attached hydrogens (tertiary/aromatic N) is 1. The van der Waals surface area contributed by atoms with Gasteiger partial charge in [0.1, 0.15) is 0 Å². The highest BCUT2D eigenvalue weighted by Gasteiger charge is 2.23. The standard InChI is InChI=1S/C21H24Cl2N2O3S/c1-25(2)14-21(17-5-8-19(22)20(23)13-17)24-29(26,27)18-6-3-15(4-7-18)16-9-11-28-12-10-16/h3-9,13,21,24H,10-12,14H2,1-2H3/t21-/m1/s1. The van der Waals surface area contributed by atoms with E-state index in [4.69, 9.17) is 27.9 Å². The first kappa shape index (κ1) is 22.3. The highest BCUT2D eigenvalue weighted by Crippen LogP contribution is 2.28. The Hall–Kier alpha value is -1.41. The van der Waals surface area contributed by atoms with Gasteiger partial charge in [-0.15, -0.1) is 0 Å². The summed E-state index contributed by atoms with van der Waals surface area (Å²) in [6, 6.07) is 11.6. The van der Waals surface area contributed by atoms with Crippen molar-refractivity contribution in [2.24, 2.45) is 0 Å². The van der Waals surface area contributed by atoms with Gasteiger partial charge in [0.15, 0.2) is 0 Å². The van der Waals surface area contributed by atoms with E-state index in [1.807, 2.05) is 37.2 Å². The van der Waals surface area contributed by atoms with Gasteiger partial charge in [-0.2, -0.15) is 0 Å². The van der Waals surface area contributed by atoms with Gasteiger partial charge < -0.3 is 9.64 Å². The van der Waals surface area contributed by atoms with Crippen molar-refractivity contribution in [3.05, 3.63) is 69.7 Å². The van der Waals surface area contributed by atoms with Crippen molar-refractivity contribution in [2.75, 3.05) is 33.9 Å². The number of benzene rings is 2. The molecule has 1 N–H and O–H groups in total. The molecular formula is C21H24Cl2N2O3S. The van der Waals surface area contributed by atoms with Crippen LogP contribution >= 0.6 is 23.2 Å². The van der Waals surface area contributed by atoms with E-state index in [0.29, 0.717) is 29.8 Å². The van der Waals surface area contributed by atoms with Crippen LogP contribution in [0, 0.1) is 0 Å². The molecule has 0 aromatic heterocycles. The molecule has 0 radical (unpaired) electrons. The van der Waals surface area contributed by atoms with Gasteiger partial charge in [-0.05, 0) is 61.5 Å². The third-order valence-electron chi connectivity index (χ3n) is 4.69. The van der Waals surface area contributed by atoms with Crippen LogP contribution in [-0.2, 0) is 14.8 Å². The highest BCUT2D eigenvalue weighted by atomic mass is 35.5. The minimum absolute atomic E-state index is 0.220. The summed E-state index contributed by atoms with van der Waals surface area (Å²) in [4.78, 5) is 2.13. The molecule has 1 atom stereocenters. The summed E-state index contributed by atoms with van der Waals surface area (Å²) in [5, 5.41) is 0.820. The molecule has 0 bridgehead atoms. The zero-order valence-corrected chi connectivity index (χ0v) is 18.7. The normalized spacial score (nSPS) is 16.0. The van der Waals surface area contributed by atoms with Crippen LogP contribution < -0.4 is 4.72 Å². The predicted molar refractivity (Wildman–Crippen MR) is 118 cm³/mol. The highest BCUT2D eigenvalue weighted by molar-refractivity contribution is 7.89. The number of hydrogen-bond acceptors (Lipinski definition) is 4. The maximum Gasteiger partial charge on any atom is 0.241 e. The SMILES string of the molecule is CN(C)C[C@@H](NS(=O)(=O)c1ccc(C2=CCOCC2)cc1)c1ccc(Cl)c(Cl)c1. The number of ether oxygens (including phenoxy) is 1. The van der Waals surface area contributed by atoms with Gasteiger partial charge in [0.25, 0.3) is 0 Å². The van der Waals surface area contributed by atoms with E-state index in [-0.39, 0.29) is 4.90 Å². The lowest BCUT2D eigenvalue weighted by Gasteiger charge is -2.23. The topological polar surface area (TPSA) is 58.6 Å². The van der Waals surface area contributed by atoms with Crippen LogP contribution in [0.5, 0.6) is 0 Å². The monoisotopic (exact) mass is 454 g/mol. The fourth-order valence-corrected chi connectivity index (χ4v) is 4.72. The van der Waals surface area contributed by atoms with Crippen LogP contribution in [0.3, 0.4) is 0 Å². The van der Waals surface area contributed by atoms with E-state index in [1.165, 1.54) is 5.57 Å². The van der Waals surface area contributed by atoms with E-state index in [2.05, 4.69) is 4.72 Å². The Balaban J connectivity index is 1.84. The van der Waals surface area contributed by atoms with Crippen LogP contribution in [0.25, 0.3) is 5.57 Å². The summed E-state index contributed by atoms with van der Waals surface area (Å²) < 4.78 is 34.2. The van der Waals surface area contributed by atoms with E-state index in [0.717, 1.165) is 17.5 Å². The summed E-state index contributed by atoms with van der Waals surface area (Å²) in [7, 11) is 0.0477. The number of rotatable bonds is 7. The molecule has 29 heavy (non-hydrogen) atoms. The number of likely N-dealkylation sites (N-methyl/N-ethyl adjacent to an activating group) is 1. The van der Waals surface area contributed by atoms with Crippen molar-refractivity contribution in [3.8, 4) is 0 Å². The van der Waals surface area contributed by atoms with E-state index in [1.54, 1.807) is 30.3 Å². The Kier molecular flexibility index (Phi) is 7.37. The molecule has 2 aromatic carbocycles. The van der Waals surface area contributed by atoms with E-state index in [9.17, 15) is 8.42 Å². The molecule has 0 unspecified atom stereocenters.